The minimum Gasteiger partial charge on any atom is -0.282 e. The molecule has 0 saturated heterocycles. The van der Waals surface area contributed by atoms with Crippen LogP contribution in [0.2, 0.25) is 10.3 Å². The van der Waals surface area contributed by atoms with Gasteiger partial charge in [0.15, 0.2) is 5.65 Å². The Morgan fingerprint density at radius 2 is 1.88 bits per heavy atom. The lowest BCUT2D eigenvalue weighted by atomic mass is 10.3. The van der Waals surface area contributed by atoms with Gasteiger partial charge in [0.25, 0.3) is 0 Å². The molecule has 0 unspecified atom stereocenters. The molecule has 0 aliphatic heterocycles. The van der Waals surface area contributed by atoms with Crippen molar-refractivity contribution in [3.8, 4) is 5.69 Å². The summed E-state index contributed by atoms with van der Waals surface area (Å²) in [6, 6.07) is 7.47. The van der Waals surface area contributed by atoms with E-state index >= 15 is 0 Å². The molecule has 0 N–H and O–H groups in total. The van der Waals surface area contributed by atoms with Gasteiger partial charge in [-0.05, 0) is 23.7 Å². The third kappa shape index (κ3) is 1.75. The van der Waals surface area contributed by atoms with Gasteiger partial charge in [0.05, 0.1) is 16.9 Å². The molecule has 2 heterocycles. The Balaban J connectivity index is 2.31. The van der Waals surface area contributed by atoms with E-state index in [0.717, 1.165) is 5.69 Å². The average molecular weight is 265 g/mol. The lowest BCUT2D eigenvalue weighted by Gasteiger charge is -2.05. The Hall–Kier alpha value is -1.65. The molecule has 4 nitrogen and oxygen atoms in total. The predicted molar refractivity (Wildman–Crippen MR) is 66.7 cm³/mol. The fourth-order valence-corrected chi connectivity index (χ4v) is 1.97. The van der Waals surface area contributed by atoms with Gasteiger partial charge >= 0.3 is 0 Å². The third-order valence-corrected chi connectivity index (χ3v) is 2.87. The van der Waals surface area contributed by atoms with Gasteiger partial charge in [-0.15, -0.1) is 0 Å². The Labute approximate surface area is 107 Å². The maximum Gasteiger partial charge on any atom is 0.224 e. The zero-order valence-electron chi connectivity index (χ0n) is 8.51. The van der Waals surface area contributed by atoms with E-state index in [4.69, 9.17) is 23.2 Å². The number of fused-ring (bicyclic) bond motifs is 1. The second-order valence-electron chi connectivity index (χ2n) is 3.41. The van der Waals surface area contributed by atoms with Crippen LogP contribution in [0.15, 0.2) is 36.8 Å². The largest absolute Gasteiger partial charge is 0.282 e. The van der Waals surface area contributed by atoms with Crippen LogP contribution in [0, 0.1) is 0 Å². The molecule has 17 heavy (non-hydrogen) atoms. The summed E-state index contributed by atoms with van der Waals surface area (Å²) >= 11 is 11.9. The summed E-state index contributed by atoms with van der Waals surface area (Å²) in [6.45, 7) is 0. The predicted octanol–water partition coefficient (Wildman–Crippen LogP) is 3.12. The maximum absolute atomic E-state index is 6.13. The van der Waals surface area contributed by atoms with Gasteiger partial charge in [0.2, 0.25) is 5.28 Å². The first-order chi connectivity index (χ1) is 8.25. The Kier molecular flexibility index (Phi) is 2.46. The first-order valence-electron chi connectivity index (χ1n) is 4.86. The fourth-order valence-electron chi connectivity index (χ4n) is 1.61. The number of hydrogen-bond donors (Lipinski definition) is 0. The monoisotopic (exact) mass is 264 g/mol. The molecule has 0 bridgehead atoms. The lowest BCUT2D eigenvalue weighted by molar-refractivity contribution is 1.06. The maximum atomic E-state index is 6.13. The van der Waals surface area contributed by atoms with Crippen LogP contribution in [0.4, 0.5) is 0 Å². The van der Waals surface area contributed by atoms with E-state index < -0.39 is 0 Å². The number of aromatic nitrogens is 4. The van der Waals surface area contributed by atoms with Gasteiger partial charge < -0.3 is 0 Å². The zero-order valence-corrected chi connectivity index (χ0v) is 10.0. The van der Waals surface area contributed by atoms with E-state index in [9.17, 15) is 0 Å². The number of benzene rings is 1. The Morgan fingerprint density at radius 3 is 2.71 bits per heavy atom. The van der Waals surface area contributed by atoms with Gasteiger partial charge in [-0.3, -0.25) is 4.57 Å². The second-order valence-corrected chi connectivity index (χ2v) is 4.16. The first kappa shape index (κ1) is 10.5. The number of nitrogens with zero attached hydrogens (tertiary/aromatic N) is 4. The Morgan fingerprint density at radius 1 is 1.06 bits per heavy atom. The summed E-state index contributed by atoms with van der Waals surface area (Å²) in [4.78, 5) is 12.2. The molecule has 84 valence electrons. The molecule has 3 aromatic rings. The van der Waals surface area contributed by atoms with E-state index in [-0.39, 0.29) is 5.28 Å². The van der Waals surface area contributed by atoms with Crippen molar-refractivity contribution in [3.05, 3.63) is 47.1 Å². The number of halogens is 2. The summed E-state index contributed by atoms with van der Waals surface area (Å²) in [5, 5.41) is 0.813. The number of rotatable bonds is 1. The Bertz CT molecular complexity index is 693. The minimum atomic E-state index is 0.186. The molecule has 0 fully saturated rings. The molecule has 6 heteroatoms. The van der Waals surface area contributed by atoms with Crippen molar-refractivity contribution in [2.45, 2.75) is 0 Å². The van der Waals surface area contributed by atoms with E-state index in [2.05, 4.69) is 15.0 Å². The van der Waals surface area contributed by atoms with E-state index in [1.165, 1.54) is 0 Å². The fraction of sp³-hybridized carbons (Fsp3) is 0. The van der Waals surface area contributed by atoms with Crippen molar-refractivity contribution in [2.75, 3.05) is 0 Å². The van der Waals surface area contributed by atoms with Gasteiger partial charge in [0, 0.05) is 0 Å². The average Bonchev–Trinajstić information content (AvgIpc) is 2.72. The van der Waals surface area contributed by atoms with Crippen molar-refractivity contribution in [2.24, 2.45) is 0 Å². The van der Waals surface area contributed by atoms with Gasteiger partial charge in [-0.2, -0.15) is 4.98 Å². The highest BCUT2D eigenvalue weighted by atomic mass is 35.5. The normalized spacial score (nSPS) is 10.9. The summed E-state index contributed by atoms with van der Waals surface area (Å²) in [5.74, 6) is 0. The van der Waals surface area contributed by atoms with Crippen LogP contribution < -0.4 is 0 Å². The lowest BCUT2D eigenvalue weighted by Crippen LogP contribution is -1.95. The molecule has 0 radical (unpaired) electrons. The standard InChI is InChI=1S/C11H6Cl2N4/c12-7-3-1-2-4-9(7)17-6-15-8-5-14-11(13)16-10(8)17/h1-6H. The molecule has 0 amide bonds. The van der Waals surface area contributed by atoms with Crippen LogP contribution in [0.25, 0.3) is 16.9 Å². The molecule has 0 spiro atoms. The van der Waals surface area contributed by atoms with Crippen molar-refractivity contribution in [3.63, 3.8) is 0 Å². The molecule has 0 saturated carbocycles. The summed E-state index contributed by atoms with van der Waals surface area (Å²) in [5.41, 5.74) is 2.12. The summed E-state index contributed by atoms with van der Waals surface area (Å²) < 4.78 is 1.78. The van der Waals surface area contributed by atoms with E-state index in [1.54, 1.807) is 17.1 Å². The minimum absolute atomic E-state index is 0.186. The SMILES string of the molecule is Clc1ncc2ncn(-c3ccccc3Cl)c2n1. The zero-order chi connectivity index (χ0) is 11.8. The van der Waals surface area contributed by atoms with Gasteiger partial charge in [-0.25, -0.2) is 9.97 Å². The molecule has 2 aromatic heterocycles. The van der Waals surface area contributed by atoms with Crippen LogP contribution in [-0.2, 0) is 0 Å². The summed E-state index contributed by atoms with van der Waals surface area (Å²) in [7, 11) is 0. The second kappa shape index (κ2) is 3.98. The molecule has 1 aromatic carbocycles. The van der Waals surface area contributed by atoms with Crippen LogP contribution in [0.1, 0.15) is 0 Å². The molecular formula is C11H6Cl2N4. The molecule has 3 rings (SSSR count). The quantitative estimate of drug-likeness (QED) is 0.635. The van der Waals surface area contributed by atoms with Crippen LogP contribution in [-0.4, -0.2) is 19.5 Å². The van der Waals surface area contributed by atoms with Crippen LogP contribution in [0.3, 0.4) is 0 Å². The molecular weight excluding hydrogens is 259 g/mol. The van der Waals surface area contributed by atoms with Crippen LogP contribution >= 0.6 is 23.2 Å². The number of para-hydroxylation sites is 1. The molecule has 0 aliphatic carbocycles. The molecule has 0 aliphatic rings. The van der Waals surface area contributed by atoms with Crippen molar-refractivity contribution in [1.82, 2.24) is 19.5 Å². The van der Waals surface area contributed by atoms with Crippen molar-refractivity contribution < 1.29 is 0 Å². The highest BCUT2D eigenvalue weighted by Crippen LogP contribution is 2.23. The topological polar surface area (TPSA) is 43.6 Å². The number of imidazole rings is 1. The van der Waals surface area contributed by atoms with Crippen molar-refractivity contribution in [1.29, 1.82) is 0 Å². The third-order valence-electron chi connectivity index (χ3n) is 2.37. The number of hydrogen-bond acceptors (Lipinski definition) is 3. The van der Waals surface area contributed by atoms with Crippen LogP contribution in [0.5, 0.6) is 0 Å². The summed E-state index contributed by atoms with van der Waals surface area (Å²) in [6.07, 6.45) is 3.23. The molecule has 0 atom stereocenters. The van der Waals surface area contributed by atoms with Gasteiger partial charge in [0.1, 0.15) is 11.8 Å². The van der Waals surface area contributed by atoms with E-state index in [0.29, 0.717) is 16.2 Å². The first-order valence-corrected chi connectivity index (χ1v) is 5.62. The highest BCUT2D eigenvalue weighted by Gasteiger charge is 2.09. The smallest absolute Gasteiger partial charge is 0.224 e. The van der Waals surface area contributed by atoms with Crippen molar-refractivity contribution >= 4 is 34.4 Å². The van der Waals surface area contributed by atoms with Gasteiger partial charge in [-0.1, -0.05) is 23.7 Å². The highest BCUT2D eigenvalue weighted by molar-refractivity contribution is 6.32. The van der Waals surface area contributed by atoms with E-state index in [1.807, 2.05) is 24.3 Å².